The van der Waals surface area contributed by atoms with Crippen molar-refractivity contribution in [2.75, 3.05) is 0 Å². The fourth-order valence-corrected chi connectivity index (χ4v) is 0.678. The third-order valence-electron chi connectivity index (χ3n) is 1.22. The number of hydrogen-bond donors (Lipinski definition) is 1. The van der Waals surface area contributed by atoms with Crippen molar-refractivity contribution in [2.45, 2.75) is 19.8 Å². The molecule has 0 radical (unpaired) electrons. The van der Waals surface area contributed by atoms with E-state index in [1.165, 1.54) is 6.08 Å². The van der Waals surface area contributed by atoms with Gasteiger partial charge in [0.05, 0.1) is 0 Å². The first-order valence-corrected chi connectivity index (χ1v) is 4.01. The van der Waals surface area contributed by atoms with E-state index in [1.54, 1.807) is 6.08 Å². The minimum atomic E-state index is -0.382. The van der Waals surface area contributed by atoms with Crippen LogP contribution in [0, 0.1) is 0 Å². The fourth-order valence-electron chi connectivity index (χ4n) is 0.678. The highest BCUT2D eigenvalue weighted by atomic mass is 16.1. The van der Waals surface area contributed by atoms with Gasteiger partial charge in [0.2, 0.25) is 5.91 Å². The predicted octanol–water partition coefficient (Wildman–Crippen LogP) is 1.94. The quantitative estimate of drug-likeness (QED) is 0.377. The van der Waals surface area contributed by atoms with Gasteiger partial charge in [0.1, 0.15) is 0 Å². The van der Waals surface area contributed by atoms with Crippen LogP contribution in [-0.2, 0) is 4.79 Å². The molecule has 0 bridgehead atoms. The lowest BCUT2D eigenvalue weighted by Gasteiger charge is -1.84. The second-order valence-electron chi connectivity index (χ2n) is 2.34. The van der Waals surface area contributed by atoms with Gasteiger partial charge in [0.15, 0.2) is 0 Å². The first kappa shape index (κ1) is 10.7. The monoisotopic (exact) mass is 165 g/mol. The van der Waals surface area contributed by atoms with Crippen LogP contribution in [0.4, 0.5) is 0 Å². The molecule has 0 heterocycles. The molecule has 0 aromatic rings. The molecule has 0 aliphatic rings. The van der Waals surface area contributed by atoms with Gasteiger partial charge in [-0.25, -0.2) is 0 Å². The Kier molecular flexibility index (Phi) is 6.94. The molecule has 0 aliphatic heterocycles. The van der Waals surface area contributed by atoms with Gasteiger partial charge < -0.3 is 5.73 Å². The van der Waals surface area contributed by atoms with Crippen LogP contribution in [0.25, 0.3) is 0 Å². The van der Waals surface area contributed by atoms with Crippen LogP contribution in [-0.4, -0.2) is 5.91 Å². The molecule has 0 aromatic carbocycles. The second kappa shape index (κ2) is 7.79. The summed E-state index contributed by atoms with van der Waals surface area (Å²) in [4.78, 5) is 10.2. The van der Waals surface area contributed by atoms with Crippen LogP contribution in [0.1, 0.15) is 19.8 Å². The third kappa shape index (κ3) is 8.69. The van der Waals surface area contributed by atoms with Crippen LogP contribution in [0.3, 0.4) is 0 Å². The fraction of sp³-hybridized carbons (Fsp3) is 0.300. The summed E-state index contributed by atoms with van der Waals surface area (Å²) in [6, 6.07) is 0. The average Bonchev–Trinajstić information content (AvgIpc) is 2.02. The van der Waals surface area contributed by atoms with E-state index in [4.69, 9.17) is 5.73 Å². The average molecular weight is 165 g/mol. The van der Waals surface area contributed by atoms with E-state index in [1.807, 2.05) is 31.2 Å². The van der Waals surface area contributed by atoms with E-state index in [0.29, 0.717) is 0 Å². The Balaban J connectivity index is 3.38. The summed E-state index contributed by atoms with van der Waals surface area (Å²) in [7, 11) is 0. The normalized spacial score (nSPS) is 12.1. The lowest BCUT2D eigenvalue weighted by molar-refractivity contribution is -0.113. The molecule has 2 nitrogen and oxygen atoms in total. The molecule has 0 unspecified atom stereocenters. The molecule has 1 amide bonds. The van der Waals surface area contributed by atoms with E-state index >= 15 is 0 Å². The zero-order valence-electron chi connectivity index (χ0n) is 7.36. The molecular weight excluding hydrogens is 150 g/mol. The van der Waals surface area contributed by atoms with Crippen LogP contribution in [0.5, 0.6) is 0 Å². The number of nitrogens with two attached hydrogens (primary N) is 1. The van der Waals surface area contributed by atoms with Crippen LogP contribution in [0.15, 0.2) is 36.5 Å². The summed E-state index contributed by atoms with van der Waals surface area (Å²) in [5.74, 6) is -0.382. The smallest absolute Gasteiger partial charge is 0.241 e. The van der Waals surface area contributed by atoms with Crippen LogP contribution in [0.2, 0.25) is 0 Å². The van der Waals surface area contributed by atoms with Gasteiger partial charge in [-0.1, -0.05) is 30.4 Å². The lowest BCUT2D eigenvalue weighted by atomic mass is 10.2. The molecule has 0 aliphatic carbocycles. The van der Waals surface area contributed by atoms with Crippen molar-refractivity contribution < 1.29 is 4.79 Å². The van der Waals surface area contributed by atoms with Crippen molar-refractivity contribution in [2.24, 2.45) is 5.73 Å². The molecule has 0 atom stereocenters. The number of unbranched alkanes of at least 4 members (excludes halogenated alkanes) is 1. The zero-order chi connectivity index (χ0) is 9.23. The number of amides is 1. The van der Waals surface area contributed by atoms with Gasteiger partial charge in [-0.05, 0) is 25.8 Å². The molecule has 0 saturated carbocycles. The standard InChI is InChI=1S/C10H15NO/c1-2-3-4-5-6-7-8-9-10(11)12/h2-5,8-9H,6-7H2,1H3,(H2,11,12). The largest absolute Gasteiger partial charge is 0.366 e. The Morgan fingerprint density at radius 2 is 1.92 bits per heavy atom. The van der Waals surface area contributed by atoms with Gasteiger partial charge in [0, 0.05) is 0 Å². The summed E-state index contributed by atoms with van der Waals surface area (Å²) in [6.07, 6.45) is 12.9. The van der Waals surface area contributed by atoms with E-state index < -0.39 is 0 Å². The molecule has 0 saturated heterocycles. The number of primary amides is 1. The summed E-state index contributed by atoms with van der Waals surface area (Å²) in [6.45, 7) is 1.97. The van der Waals surface area contributed by atoms with Gasteiger partial charge in [0.25, 0.3) is 0 Å². The molecule has 2 heteroatoms. The molecule has 66 valence electrons. The maximum atomic E-state index is 10.2. The molecule has 0 rings (SSSR count). The first-order chi connectivity index (χ1) is 5.77. The number of carbonyl (C=O) groups is 1. The summed E-state index contributed by atoms with van der Waals surface area (Å²) < 4.78 is 0. The highest BCUT2D eigenvalue weighted by Crippen LogP contribution is 1.92. The highest BCUT2D eigenvalue weighted by Gasteiger charge is 1.80. The Labute approximate surface area is 73.5 Å². The van der Waals surface area contributed by atoms with Crippen LogP contribution < -0.4 is 5.73 Å². The highest BCUT2D eigenvalue weighted by molar-refractivity contribution is 5.85. The Morgan fingerprint density at radius 1 is 1.25 bits per heavy atom. The van der Waals surface area contributed by atoms with E-state index in [2.05, 4.69) is 0 Å². The minimum Gasteiger partial charge on any atom is -0.366 e. The van der Waals surface area contributed by atoms with Gasteiger partial charge in [-0.15, -0.1) is 0 Å². The maximum Gasteiger partial charge on any atom is 0.241 e. The van der Waals surface area contributed by atoms with E-state index in [0.717, 1.165) is 12.8 Å². The summed E-state index contributed by atoms with van der Waals surface area (Å²) >= 11 is 0. The van der Waals surface area contributed by atoms with Gasteiger partial charge >= 0.3 is 0 Å². The maximum absolute atomic E-state index is 10.2. The predicted molar refractivity (Wildman–Crippen MR) is 51.5 cm³/mol. The summed E-state index contributed by atoms with van der Waals surface area (Å²) in [5.41, 5.74) is 4.90. The first-order valence-electron chi connectivity index (χ1n) is 4.01. The summed E-state index contributed by atoms with van der Waals surface area (Å²) in [5, 5.41) is 0. The Hall–Kier alpha value is -1.31. The van der Waals surface area contributed by atoms with E-state index in [-0.39, 0.29) is 5.91 Å². The van der Waals surface area contributed by atoms with Crippen molar-refractivity contribution in [1.29, 1.82) is 0 Å². The van der Waals surface area contributed by atoms with Crippen molar-refractivity contribution in [3.8, 4) is 0 Å². The number of hydrogen-bond acceptors (Lipinski definition) is 1. The number of allylic oxidation sites excluding steroid dienone is 5. The molecule has 12 heavy (non-hydrogen) atoms. The molecule has 2 N–H and O–H groups in total. The Bertz CT molecular complexity index is 202. The van der Waals surface area contributed by atoms with Crippen molar-refractivity contribution in [1.82, 2.24) is 0 Å². The SMILES string of the molecule is CC=CC=CCCC=CC(N)=O. The molecule has 0 fully saturated rings. The van der Waals surface area contributed by atoms with Crippen LogP contribution >= 0.6 is 0 Å². The van der Waals surface area contributed by atoms with Crippen molar-refractivity contribution in [3.05, 3.63) is 36.5 Å². The third-order valence-corrected chi connectivity index (χ3v) is 1.22. The van der Waals surface area contributed by atoms with Crippen molar-refractivity contribution >= 4 is 5.91 Å². The number of carbonyl (C=O) groups excluding carboxylic acids is 1. The van der Waals surface area contributed by atoms with Gasteiger partial charge in [-0.2, -0.15) is 0 Å². The topological polar surface area (TPSA) is 43.1 Å². The van der Waals surface area contributed by atoms with E-state index in [9.17, 15) is 4.79 Å². The van der Waals surface area contributed by atoms with Crippen molar-refractivity contribution in [3.63, 3.8) is 0 Å². The Morgan fingerprint density at radius 3 is 2.50 bits per heavy atom. The lowest BCUT2D eigenvalue weighted by Crippen LogP contribution is -2.05. The molecular formula is C10H15NO. The zero-order valence-corrected chi connectivity index (χ0v) is 7.36. The minimum absolute atomic E-state index is 0.382. The van der Waals surface area contributed by atoms with Gasteiger partial charge in [-0.3, -0.25) is 4.79 Å². The molecule has 0 spiro atoms. The number of rotatable bonds is 5. The molecule has 0 aromatic heterocycles. The second-order valence-corrected chi connectivity index (χ2v) is 2.34.